The molecule has 5 nitrogen and oxygen atoms in total. The van der Waals surface area contributed by atoms with Crippen LogP contribution in [0.25, 0.3) is 0 Å². The van der Waals surface area contributed by atoms with E-state index in [0.717, 1.165) is 51.5 Å². The second kappa shape index (κ2) is 10.9. The molecule has 0 amide bonds. The van der Waals surface area contributed by atoms with Gasteiger partial charge in [0.05, 0.1) is 6.54 Å². The molecule has 6 heteroatoms. The summed E-state index contributed by atoms with van der Waals surface area (Å²) in [7, 11) is 0. The van der Waals surface area contributed by atoms with Crippen molar-refractivity contribution in [3.05, 3.63) is 29.8 Å². The number of anilines is 1. The van der Waals surface area contributed by atoms with Gasteiger partial charge in [0.2, 0.25) is 0 Å². The number of nitrogens with zero attached hydrogens (tertiary/aromatic N) is 3. The van der Waals surface area contributed by atoms with Crippen LogP contribution >= 0.6 is 24.0 Å². The number of likely N-dealkylation sites (N-methyl/N-ethyl adjacent to an activating group) is 1. The number of guanidine groups is 1. The molecule has 3 N–H and O–H groups in total. The van der Waals surface area contributed by atoms with Crippen molar-refractivity contribution < 1.29 is 0 Å². The van der Waals surface area contributed by atoms with Crippen molar-refractivity contribution in [3.63, 3.8) is 0 Å². The molecule has 1 aliphatic rings. The Kier molecular flexibility index (Phi) is 9.61. The number of aliphatic imine (C=N–C) groups is 1. The molecule has 136 valence electrons. The SMILES string of the molecule is CCN1CCN(CCN=C(N)Nc2cccc(C(C)C)c2)CC1.I. The lowest BCUT2D eigenvalue weighted by atomic mass is 10.0. The number of halogens is 1. The highest BCUT2D eigenvalue weighted by Crippen LogP contribution is 2.18. The lowest BCUT2D eigenvalue weighted by molar-refractivity contribution is 0.140. The molecule has 2 rings (SSSR count). The summed E-state index contributed by atoms with van der Waals surface area (Å²) in [4.78, 5) is 9.40. The zero-order valence-electron chi connectivity index (χ0n) is 15.2. The minimum Gasteiger partial charge on any atom is -0.370 e. The number of benzene rings is 1. The van der Waals surface area contributed by atoms with Gasteiger partial charge in [-0.1, -0.05) is 32.9 Å². The molecule has 1 aliphatic heterocycles. The van der Waals surface area contributed by atoms with Crippen LogP contribution in [-0.2, 0) is 0 Å². The Morgan fingerprint density at radius 2 is 1.88 bits per heavy atom. The van der Waals surface area contributed by atoms with E-state index in [0.29, 0.717) is 11.9 Å². The van der Waals surface area contributed by atoms with Crippen molar-refractivity contribution in [1.82, 2.24) is 9.80 Å². The van der Waals surface area contributed by atoms with Gasteiger partial charge in [0, 0.05) is 38.4 Å². The number of rotatable bonds is 6. The van der Waals surface area contributed by atoms with Crippen molar-refractivity contribution in [2.75, 3.05) is 51.1 Å². The maximum atomic E-state index is 6.00. The molecule has 0 saturated carbocycles. The summed E-state index contributed by atoms with van der Waals surface area (Å²) in [6.07, 6.45) is 0. The van der Waals surface area contributed by atoms with Crippen LogP contribution in [-0.4, -0.2) is 61.6 Å². The van der Waals surface area contributed by atoms with Gasteiger partial charge in [-0.15, -0.1) is 24.0 Å². The molecule has 1 aromatic rings. The summed E-state index contributed by atoms with van der Waals surface area (Å²) < 4.78 is 0. The van der Waals surface area contributed by atoms with Gasteiger partial charge in [-0.25, -0.2) is 0 Å². The normalized spacial score (nSPS) is 16.9. The van der Waals surface area contributed by atoms with Crippen molar-refractivity contribution in [2.24, 2.45) is 10.7 Å². The van der Waals surface area contributed by atoms with Crippen LogP contribution in [0.1, 0.15) is 32.3 Å². The second-order valence-corrected chi connectivity index (χ2v) is 6.45. The van der Waals surface area contributed by atoms with Gasteiger partial charge < -0.3 is 16.0 Å². The van der Waals surface area contributed by atoms with E-state index >= 15 is 0 Å². The van der Waals surface area contributed by atoms with E-state index in [2.05, 4.69) is 59.1 Å². The van der Waals surface area contributed by atoms with Crippen LogP contribution < -0.4 is 11.1 Å². The molecule has 0 spiro atoms. The fraction of sp³-hybridized carbons (Fsp3) is 0.611. The Hall–Kier alpha value is -0.860. The highest BCUT2D eigenvalue weighted by atomic mass is 127. The van der Waals surface area contributed by atoms with E-state index < -0.39 is 0 Å². The van der Waals surface area contributed by atoms with Crippen molar-refractivity contribution >= 4 is 35.6 Å². The predicted octanol–water partition coefficient (Wildman–Crippen LogP) is 2.79. The van der Waals surface area contributed by atoms with E-state index in [4.69, 9.17) is 5.73 Å². The first-order valence-electron chi connectivity index (χ1n) is 8.70. The topological polar surface area (TPSA) is 56.9 Å². The largest absolute Gasteiger partial charge is 0.370 e. The molecule has 0 aliphatic carbocycles. The quantitative estimate of drug-likeness (QED) is 0.402. The summed E-state index contributed by atoms with van der Waals surface area (Å²) >= 11 is 0. The molecule has 0 atom stereocenters. The number of nitrogens with two attached hydrogens (primary N) is 1. The first kappa shape index (κ1) is 21.2. The minimum atomic E-state index is 0. The Morgan fingerprint density at radius 1 is 1.21 bits per heavy atom. The monoisotopic (exact) mass is 445 g/mol. The number of piperazine rings is 1. The van der Waals surface area contributed by atoms with Gasteiger partial charge in [-0.3, -0.25) is 9.89 Å². The Morgan fingerprint density at radius 3 is 2.50 bits per heavy atom. The Bertz CT molecular complexity index is 510. The van der Waals surface area contributed by atoms with E-state index in [9.17, 15) is 0 Å². The molecule has 1 saturated heterocycles. The van der Waals surface area contributed by atoms with Crippen LogP contribution in [0, 0.1) is 0 Å². The third kappa shape index (κ3) is 6.94. The van der Waals surface area contributed by atoms with Crippen molar-refractivity contribution in [3.8, 4) is 0 Å². The minimum absolute atomic E-state index is 0. The zero-order valence-corrected chi connectivity index (χ0v) is 17.5. The standard InChI is InChI=1S/C18H31N5.HI/c1-4-22-10-12-23(13-11-22)9-8-20-18(19)21-17-7-5-6-16(14-17)15(2)3;/h5-7,14-15H,4,8-13H2,1-3H3,(H3,19,20,21);1H. The van der Waals surface area contributed by atoms with Crippen molar-refractivity contribution in [1.29, 1.82) is 0 Å². The molecule has 24 heavy (non-hydrogen) atoms. The summed E-state index contributed by atoms with van der Waals surface area (Å²) in [5.74, 6) is 1.01. The Labute approximate surface area is 163 Å². The lowest BCUT2D eigenvalue weighted by Crippen LogP contribution is -2.46. The van der Waals surface area contributed by atoms with Gasteiger partial charge >= 0.3 is 0 Å². The maximum absolute atomic E-state index is 6.00. The highest BCUT2D eigenvalue weighted by Gasteiger charge is 2.14. The van der Waals surface area contributed by atoms with Gasteiger partial charge in [0.1, 0.15) is 0 Å². The number of hydrogen-bond donors (Lipinski definition) is 2. The van der Waals surface area contributed by atoms with Gasteiger partial charge in [-0.2, -0.15) is 0 Å². The molecule has 0 aromatic heterocycles. The van der Waals surface area contributed by atoms with Gasteiger partial charge in [0.25, 0.3) is 0 Å². The molecule has 1 aromatic carbocycles. The van der Waals surface area contributed by atoms with Crippen LogP contribution in [0.15, 0.2) is 29.3 Å². The average Bonchev–Trinajstić information content (AvgIpc) is 2.55. The van der Waals surface area contributed by atoms with Crippen LogP contribution in [0.5, 0.6) is 0 Å². The lowest BCUT2D eigenvalue weighted by Gasteiger charge is -2.33. The summed E-state index contributed by atoms with van der Waals surface area (Å²) in [5.41, 5.74) is 8.31. The molecule has 0 bridgehead atoms. The fourth-order valence-corrected chi connectivity index (χ4v) is 2.80. The van der Waals surface area contributed by atoms with E-state index in [1.54, 1.807) is 0 Å². The van der Waals surface area contributed by atoms with Crippen LogP contribution in [0.2, 0.25) is 0 Å². The molecular formula is C18H32IN5. The first-order chi connectivity index (χ1) is 11.1. The smallest absolute Gasteiger partial charge is 0.193 e. The summed E-state index contributed by atoms with van der Waals surface area (Å²) in [6.45, 7) is 14.1. The zero-order chi connectivity index (χ0) is 16.7. The van der Waals surface area contributed by atoms with Crippen LogP contribution in [0.3, 0.4) is 0 Å². The van der Waals surface area contributed by atoms with E-state index in [-0.39, 0.29) is 24.0 Å². The van der Waals surface area contributed by atoms with Gasteiger partial charge in [-0.05, 0) is 30.2 Å². The third-order valence-electron chi connectivity index (χ3n) is 4.44. The summed E-state index contributed by atoms with van der Waals surface area (Å²) in [6, 6.07) is 8.35. The average molecular weight is 445 g/mol. The maximum Gasteiger partial charge on any atom is 0.193 e. The molecular weight excluding hydrogens is 413 g/mol. The van der Waals surface area contributed by atoms with E-state index in [1.165, 1.54) is 5.56 Å². The Balaban J connectivity index is 0.00000288. The molecule has 0 unspecified atom stereocenters. The first-order valence-corrected chi connectivity index (χ1v) is 8.70. The molecule has 1 fully saturated rings. The molecule has 0 radical (unpaired) electrons. The highest BCUT2D eigenvalue weighted by molar-refractivity contribution is 14.0. The predicted molar refractivity (Wildman–Crippen MR) is 115 cm³/mol. The van der Waals surface area contributed by atoms with Gasteiger partial charge in [0.15, 0.2) is 5.96 Å². The third-order valence-corrected chi connectivity index (χ3v) is 4.44. The van der Waals surface area contributed by atoms with E-state index in [1.807, 2.05) is 6.07 Å². The number of hydrogen-bond acceptors (Lipinski definition) is 3. The second-order valence-electron chi connectivity index (χ2n) is 6.45. The van der Waals surface area contributed by atoms with Crippen molar-refractivity contribution in [2.45, 2.75) is 26.7 Å². The number of nitrogens with one attached hydrogen (secondary N) is 1. The molecule has 1 heterocycles. The van der Waals surface area contributed by atoms with Crippen LogP contribution in [0.4, 0.5) is 5.69 Å². The fourth-order valence-electron chi connectivity index (χ4n) is 2.80. The summed E-state index contributed by atoms with van der Waals surface area (Å²) in [5, 5.41) is 3.19.